The maximum atomic E-state index is 13.2. The molecule has 0 aromatic heterocycles. The maximum absolute atomic E-state index is 13.2. The zero-order valence-electron chi connectivity index (χ0n) is 17.1. The van der Waals surface area contributed by atoms with Crippen molar-refractivity contribution in [1.29, 1.82) is 0 Å². The summed E-state index contributed by atoms with van der Waals surface area (Å²) in [5.74, 6) is 0.0858. The summed E-state index contributed by atoms with van der Waals surface area (Å²) >= 11 is 0. The Bertz CT molecular complexity index is 1180. The van der Waals surface area contributed by atoms with Crippen molar-refractivity contribution in [1.82, 2.24) is 0 Å². The van der Waals surface area contributed by atoms with Gasteiger partial charge in [-0.25, -0.2) is 8.42 Å². The third-order valence-corrected chi connectivity index (χ3v) is 6.73. The molecule has 9 heteroatoms. The summed E-state index contributed by atoms with van der Waals surface area (Å²) < 4.78 is 27.6. The average Bonchev–Trinajstić information content (AvgIpc) is 2.74. The van der Waals surface area contributed by atoms with Gasteiger partial charge in [-0.05, 0) is 55.8 Å². The van der Waals surface area contributed by atoms with Crippen LogP contribution in [0.4, 0.5) is 17.1 Å². The van der Waals surface area contributed by atoms with Gasteiger partial charge in [0.15, 0.2) is 0 Å². The van der Waals surface area contributed by atoms with Gasteiger partial charge >= 0.3 is 0 Å². The van der Waals surface area contributed by atoms with E-state index in [1.807, 2.05) is 0 Å². The first-order chi connectivity index (χ1) is 14.7. The fourth-order valence-electron chi connectivity index (χ4n) is 3.27. The van der Waals surface area contributed by atoms with Crippen molar-refractivity contribution in [3.8, 4) is 5.75 Å². The normalized spacial score (nSPS) is 12.2. The molecule has 3 rings (SSSR count). The maximum Gasteiger partial charge on any atom is 0.293 e. The summed E-state index contributed by atoms with van der Waals surface area (Å²) in [4.78, 5) is 10.9. The van der Waals surface area contributed by atoms with Gasteiger partial charge in [0, 0.05) is 18.7 Å². The fourth-order valence-corrected chi connectivity index (χ4v) is 4.76. The van der Waals surface area contributed by atoms with Crippen molar-refractivity contribution >= 4 is 27.1 Å². The average molecular weight is 442 g/mol. The van der Waals surface area contributed by atoms with E-state index in [-0.39, 0.29) is 34.6 Å². The number of sulfonamides is 1. The summed E-state index contributed by atoms with van der Waals surface area (Å²) in [6.45, 7) is 3.66. The highest BCUT2D eigenvalue weighted by Crippen LogP contribution is 2.33. The predicted molar refractivity (Wildman–Crippen MR) is 120 cm³/mol. The second kappa shape index (κ2) is 9.05. The van der Waals surface area contributed by atoms with E-state index in [0.717, 1.165) is 11.6 Å². The number of para-hydroxylation sites is 1. The molecule has 0 saturated heterocycles. The Labute approximate surface area is 181 Å². The van der Waals surface area contributed by atoms with Crippen LogP contribution in [0.1, 0.15) is 25.5 Å². The molecule has 0 saturated carbocycles. The number of anilines is 2. The Morgan fingerprint density at radius 3 is 2.39 bits per heavy atom. The first-order valence-corrected chi connectivity index (χ1v) is 11.1. The number of benzene rings is 3. The SMILES string of the molecule is CCN(c1ccccc1)S(=O)(=O)c1ccc(N[C@@H](C)c2cccc(O)c2)c([N+](=O)[O-])c1. The van der Waals surface area contributed by atoms with Crippen LogP contribution >= 0.6 is 0 Å². The highest BCUT2D eigenvalue weighted by Gasteiger charge is 2.27. The summed E-state index contributed by atoms with van der Waals surface area (Å²) in [6.07, 6.45) is 0. The molecule has 2 N–H and O–H groups in total. The molecule has 0 fully saturated rings. The number of hydrogen-bond acceptors (Lipinski definition) is 6. The summed E-state index contributed by atoms with van der Waals surface area (Å²) in [6, 6.07) is 18.6. The number of nitro groups is 1. The van der Waals surface area contributed by atoms with E-state index in [9.17, 15) is 23.6 Å². The van der Waals surface area contributed by atoms with Crippen molar-refractivity contribution < 1.29 is 18.4 Å². The van der Waals surface area contributed by atoms with Crippen molar-refractivity contribution in [2.75, 3.05) is 16.2 Å². The van der Waals surface area contributed by atoms with Crippen LogP contribution in [-0.4, -0.2) is 25.0 Å². The molecule has 0 heterocycles. The molecule has 8 nitrogen and oxygen atoms in total. The van der Waals surface area contributed by atoms with E-state index in [0.29, 0.717) is 5.69 Å². The third-order valence-electron chi connectivity index (χ3n) is 4.83. The van der Waals surface area contributed by atoms with Gasteiger partial charge in [-0.3, -0.25) is 14.4 Å². The molecule has 0 radical (unpaired) electrons. The van der Waals surface area contributed by atoms with Crippen molar-refractivity contribution in [2.45, 2.75) is 24.8 Å². The van der Waals surface area contributed by atoms with Crippen LogP contribution in [0.15, 0.2) is 77.7 Å². The lowest BCUT2D eigenvalue weighted by Crippen LogP contribution is -2.30. The molecule has 162 valence electrons. The molecule has 31 heavy (non-hydrogen) atoms. The van der Waals surface area contributed by atoms with Crippen molar-refractivity contribution in [3.63, 3.8) is 0 Å². The number of hydrogen-bond donors (Lipinski definition) is 2. The van der Waals surface area contributed by atoms with Crippen LogP contribution < -0.4 is 9.62 Å². The molecule has 0 aliphatic rings. The molecular formula is C22H23N3O5S. The first kappa shape index (κ1) is 22.1. The van der Waals surface area contributed by atoms with Gasteiger partial charge in [-0.15, -0.1) is 0 Å². The van der Waals surface area contributed by atoms with Gasteiger partial charge in [0.25, 0.3) is 15.7 Å². The smallest absolute Gasteiger partial charge is 0.293 e. The van der Waals surface area contributed by atoms with E-state index < -0.39 is 14.9 Å². The molecule has 0 unspecified atom stereocenters. The van der Waals surface area contributed by atoms with E-state index >= 15 is 0 Å². The molecule has 0 aliphatic carbocycles. The van der Waals surface area contributed by atoms with E-state index in [4.69, 9.17) is 0 Å². The molecule has 0 bridgehead atoms. The first-order valence-electron chi connectivity index (χ1n) is 9.65. The monoisotopic (exact) mass is 441 g/mol. The number of rotatable bonds is 8. The minimum absolute atomic E-state index is 0.0858. The van der Waals surface area contributed by atoms with E-state index in [2.05, 4.69) is 5.32 Å². The van der Waals surface area contributed by atoms with Crippen LogP contribution in [0.2, 0.25) is 0 Å². The zero-order valence-corrected chi connectivity index (χ0v) is 17.9. The Balaban J connectivity index is 1.97. The molecule has 3 aromatic carbocycles. The van der Waals surface area contributed by atoms with E-state index in [1.54, 1.807) is 62.4 Å². The number of nitro benzene ring substituents is 1. The lowest BCUT2D eigenvalue weighted by molar-refractivity contribution is -0.384. The quantitative estimate of drug-likeness (QED) is 0.387. The number of phenolic OH excluding ortho intramolecular Hbond substituents is 1. The van der Waals surface area contributed by atoms with Gasteiger partial charge in [-0.1, -0.05) is 30.3 Å². The van der Waals surface area contributed by atoms with Gasteiger partial charge in [-0.2, -0.15) is 0 Å². The number of nitrogens with one attached hydrogen (secondary N) is 1. The minimum Gasteiger partial charge on any atom is -0.508 e. The zero-order chi connectivity index (χ0) is 22.6. The Kier molecular flexibility index (Phi) is 6.45. The van der Waals surface area contributed by atoms with Gasteiger partial charge in [0.2, 0.25) is 0 Å². The topological polar surface area (TPSA) is 113 Å². The molecule has 0 amide bonds. The van der Waals surface area contributed by atoms with Crippen LogP contribution in [0.3, 0.4) is 0 Å². The molecular weight excluding hydrogens is 418 g/mol. The Morgan fingerprint density at radius 1 is 1.06 bits per heavy atom. The van der Waals surface area contributed by atoms with E-state index in [1.165, 1.54) is 22.5 Å². The highest BCUT2D eigenvalue weighted by atomic mass is 32.2. The van der Waals surface area contributed by atoms with Gasteiger partial charge < -0.3 is 10.4 Å². The van der Waals surface area contributed by atoms with Crippen molar-refractivity contribution in [3.05, 3.63) is 88.5 Å². The fraction of sp³-hybridized carbons (Fsp3) is 0.182. The predicted octanol–water partition coefficient (Wildman–Crippen LogP) is 4.69. The molecule has 0 spiro atoms. The Morgan fingerprint density at radius 2 is 1.77 bits per heavy atom. The second-order valence-electron chi connectivity index (χ2n) is 6.90. The number of nitrogens with zero attached hydrogens (tertiary/aromatic N) is 2. The van der Waals surface area contributed by atoms with Crippen LogP contribution in [0.25, 0.3) is 0 Å². The third kappa shape index (κ3) is 4.77. The standard InChI is InChI=1S/C22H23N3O5S/c1-3-24(18-9-5-4-6-10-18)31(29,30)20-12-13-21(22(15-20)25(27)28)23-16(2)17-8-7-11-19(26)14-17/h4-16,23,26H,3H2,1-2H3/t16-/m0/s1. The van der Waals surface area contributed by atoms with Crippen LogP contribution in [0.5, 0.6) is 5.75 Å². The molecule has 3 aromatic rings. The largest absolute Gasteiger partial charge is 0.508 e. The number of aromatic hydroxyl groups is 1. The van der Waals surface area contributed by atoms with Crippen LogP contribution in [0, 0.1) is 10.1 Å². The summed E-state index contributed by atoms with van der Waals surface area (Å²) in [7, 11) is -4.00. The Hall–Kier alpha value is -3.59. The lowest BCUT2D eigenvalue weighted by atomic mass is 10.1. The van der Waals surface area contributed by atoms with Crippen LogP contribution in [-0.2, 0) is 10.0 Å². The number of phenols is 1. The second-order valence-corrected chi connectivity index (χ2v) is 8.76. The minimum atomic E-state index is -4.00. The van der Waals surface area contributed by atoms with Crippen molar-refractivity contribution in [2.24, 2.45) is 0 Å². The highest BCUT2D eigenvalue weighted by molar-refractivity contribution is 7.92. The summed E-state index contributed by atoms with van der Waals surface area (Å²) in [5, 5.41) is 24.4. The molecule has 1 atom stereocenters. The molecule has 0 aliphatic heterocycles. The lowest BCUT2D eigenvalue weighted by Gasteiger charge is -2.23. The van der Waals surface area contributed by atoms with Gasteiger partial charge in [0.05, 0.1) is 15.5 Å². The van der Waals surface area contributed by atoms with Gasteiger partial charge in [0.1, 0.15) is 11.4 Å². The summed E-state index contributed by atoms with van der Waals surface area (Å²) in [5.41, 5.74) is 1.04.